The quantitative estimate of drug-likeness (QED) is 0.510. The van der Waals surface area contributed by atoms with Crippen LogP contribution in [-0.4, -0.2) is 38.1 Å². The number of carbonyl (C=O) groups is 2. The number of benzene rings is 2. The van der Waals surface area contributed by atoms with Crippen LogP contribution in [0.4, 0.5) is 5.69 Å². The summed E-state index contributed by atoms with van der Waals surface area (Å²) in [6.07, 6.45) is -1.13. The molecule has 0 bridgehead atoms. The number of aromatic nitrogens is 1. The van der Waals surface area contributed by atoms with E-state index < -0.39 is 28.0 Å². The van der Waals surface area contributed by atoms with Crippen LogP contribution in [0.5, 0.6) is 5.75 Å². The molecule has 0 spiro atoms. The molecule has 1 heterocycles. The highest BCUT2D eigenvalue weighted by molar-refractivity contribution is 7.89. The number of nitrogens with one attached hydrogen (secondary N) is 1. The van der Waals surface area contributed by atoms with Gasteiger partial charge in [-0.3, -0.25) is 4.79 Å². The first kappa shape index (κ1) is 24.0. The van der Waals surface area contributed by atoms with E-state index in [0.29, 0.717) is 11.3 Å². The number of rotatable bonds is 7. The number of esters is 1. The lowest BCUT2D eigenvalue weighted by Gasteiger charge is -2.14. The predicted molar refractivity (Wildman–Crippen MR) is 123 cm³/mol. The smallest absolute Gasteiger partial charge is 0.340 e. The number of hydrogen-bond donors (Lipinski definition) is 2. The zero-order valence-corrected chi connectivity index (χ0v) is 19.5. The first-order valence-electron chi connectivity index (χ1n) is 9.99. The predicted octanol–water partition coefficient (Wildman–Crippen LogP) is 2.93. The number of ether oxygens (including phenoxy) is 2. The maximum Gasteiger partial charge on any atom is 0.340 e. The van der Waals surface area contributed by atoms with Gasteiger partial charge in [0.2, 0.25) is 10.0 Å². The molecule has 0 aliphatic heterocycles. The molecule has 9 nitrogen and oxygen atoms in total. The molecular weight excluding hydrogens is 446 g/mol. The Morgan fingerprint density at radius 1 is 1.06 bits per heavy atom. The Morgan fingerprint density at radius 2 is 1.73 bits per heavy atom. The highest BCUT2D eigenvalue weighted by atomic mass is 32.2. The fraction of sp³-hybridized carbons (Fsp3) is 0.217. The van der Waals surface area contributed by atoms with Crippen molar-refractivity contribution in [1.82, 2.24) is 4.57 Å². The molecule has 0 saturated heterocycles. The molecule has 3 N–H and O–H groups in total. The number of primary sulfonamides is 1. The Bertz CT molecular complexity index is 1300. The molecule has 1 amide bonds. The molecule has 2 aromatic carbocycles. The standard InChI is InChI=1S/C23H25N3O6S/c1-14-12-21(15(2)26(14)18-8-10-19(31-4)11-9-18)23(28)32-16(3)22(27)25-17-6-5-7-20(13-17)33(24,29)30/h5-13,16H,1-4H3,(H,25,27)(H2,24,29,30). The maximum absolute atomic E-state index is 12.8. The Balaban J connectivity index is 1.74. The van der Waals surface area contributed by atoms with Crippen molar-refractivity contribution in [1.29, 1.82) is 0 Å². The minimum atomic E-state index is -3.92. The lowest BCUT2D eigenvalue weighted by atomic mass is 10.2. The Morgan fingerprint density at radius 3 is 2.33 bits per heavy atom. The summed E-state index contributed by atoms with van der Waals surface area (Å²) in [5, 5.41) is 7.64. The van der Waals surface area contributed by atoms with E-state index in [1.807, 2.05) is 35.8 Å². The van der Waals surface area contributed by atoms with Gasteiger partial charge in [-0.25, -0.2) is 18.4 Å². The number of nitrogens with two attached hydrogens (primary N) is 1. The van der Waals surface area contributed by atoms with E-state index in [0.717, 1.165) is 17.1 Å². The minimum absolute atomic E-state index is 0.143. The second-order valence-electron chi connectivity index (χ2n) is 7.43. The number of hydrogen-bond acceptors (Lipinski definition) is 6. The Labute approximate surface area is 192 Å². The first-order chi connectivity index (χ1) is 15.5. The largest absolute Gasteiger partial charge is 0.497 e. The molecule has 0 saturated carbocycles. The van der Waals surface area contributed by atoms with E-state index in [2.05, 4.69) is 5.32 Å². The monoisotopic (exact) mass is 471 g/mol. The van der Waals surface area contributed by atoms with Gasteiger partial charge in [-0.1, -0.05) is 6.07 Å². The zero-order chi connectivity index (χ0) is 24.3. The van der Waals surface area contributed by atoms with E-state index in [-0.39, 0.29) is 10.6 Å². The van der Waals surface area contributed by atoms with Crippen LogP contribution in [0.2, 0.25) is 0 Å². The summed E-state index contributed by atoms with van der Waals surface area (Å²) in [6.45, 7) is 5.08. The van der Waals surface area contributed by atoms with Crippen molar-refractivity contribution in [2.24, 2.45) is 5.14 Å². The highest BCUT2D eigenvalue weighted by Crippen LogP contribution is 2.24. The van der Waals surface area contributed by atoms with Gasteiger partial charge in [-0.05, 0) is 69.3 Å². The summed E-state index contributed by atoms with van der Waals surface area (Å²) < 4.78 is 35.4. The van der Waals surface area contributed by atoms with Crippen molar-refractivity contribution in [3.05, 3.63) is 71.5 Å². The van der Waals surface area contributed by atoms with Crippen molar-refractivity contribution in [3.8, 4) is 11.4 Å². The SMILES string of the molecule is COc1ccc(-n2c(C)cc(C(=O)OC(C)C(=O)Nc3cccc(S(N)(=O)=O)c3)c2C)cc1. The molecular formula is C23H25N3O6S. The normalized spacial score (nSPS) is 12.2. The van der Waals surface area contributed by atoms with Gasteiger partial charge in [0.15, 0.2) is 6.10 Å². The highest BCUT2D eigenvalue weighted by Gasteiger charge is 2.23. The molecule has 3 rings (SSSR count). The van der Waals surface area contributed by atoms with Gasteiger partial charge in [-0.15, -0.1) is 0 Å². The lowest BCUT2D eigenvalue weighted by molar-refractivity contribution is -0.123. The number of sulfonamides is 1. The lowest BCUT2D eigenvalue weighted by Crippen LogP contribution is -2.30. The third-order valence-electron chi connectivity index (χ3n) is 5.06. The molecule has 174 valence electrons. The summed E-state index contributed by atoms with van der Waals surface area (Å²) in [7, 11) is -2.33. The van der Waals surface area contributed by atoms with Gasteiger partial charge in [0.25, 0.3) is 5.91 Å². The molecule has 0 fully saturated rings. The summed E-state index contributed by atoms with van der Waals surface area (Å²) in [6, 6.07) is 14.6. The van der Waals surface area contributed by atoms with Gasteiger partial charge < -0.3 is 19.4 Å². The van der Waals surface area contributed by atoms with Crippen LogP contribution in [0.1, 0.15) is 28.7 Å². The maximum atomic E-state index is 12.8. The number of amides is 1. The molecule has 33 heavy (non-hydrogen) atoms. The number of carbonyl (C=O) groups excluding carboxylic acids is 2. The third-order valence-corrected chi connectivity index (χ3v) is 5.98. The van der Waals surface area contributed by atoms with E-state index in [1.165, 1.54) is 31.2 Å². The van der Waals surface area contributed by atoms with Crippen LogP contribution in [0, 0.1) is 13.8 Å². The van der Waals surface area contributed by atoms with E-state index in [4.69, 9.17) is 14.6 Å². The van der Waals surface area contributed by atoms with Crippen molar-refractivity contribution < 1.29 is 27.5 Å². The average Bonchev–Trinajstić information content (AvgIpc) is 3.07. The Hall–Kier alpha value is -3.63. The summed E-state index contributed by atoms with van der Waals surface area (Å²) in [4.78, 5) is 25.1. The van der Waals surface area contributed by atoms with Crippen LogP contribution in [0.15, 0.2) is 59.5 Å². The van der Waals surface area contributed by atoms with Crippen LogP contribution in [-0.2, 0) is 19.6 Å². The molecule has 0 aliphatic rings. The Kier molecular flexibility index (Phi) is 6.89. The molecule has 10 heteroatoms. The molecule has 1 unspecified atom stereocenters. The molecule has 1 aromatic heterocycles. The average molecular weight is 472 g/mol. The van der Waals surface area contributed by atoms with Crippen LogP contribution in [0.25, 0.3) is 5.69 Å². The van der Waals surface area contributed by atoms with Crippen molar-refractivity contribution in [3.63, 3.8) is 0 Å². The zero-order valence-electron chi connectivity index (χ0n) is 18.7. The second-order valence-corrected chi connectivity index (χ2v) is 8.99. The molecule has 3 aromatic rings. The van der Waals surface area contributed by atoms with Crippen molar-refractivity contribution >= 4 is 27.6 Å². The van der Waals surface area contributed by atoms with Gasteiger partial charge >= 0.3 is 5.97 Å². The van der Waals surface area contributed by atoms with Gasteiger partial charge in [0, 0.05) is 22.8 Å². The van der Waals surface area contributed by atoms with Gasteiger partial charge in [-0.2, -0.15) is 0 Å². The van der Waals surface area contributed by atoms with Crippen LogP contribution < -0.4 is 15.2 Å². The fourth-order valence-corrected chi connectivity index (χ4v) is 3.93. The molecule has 1 atom stereocenters. The summed E-state index contributed by atoms with van der Waals surface area (Å²) in [5.74, 6) is -0.544. The van der Waals surface area contributed by atoms with E-state index >= 15 is 0 Å². The van der Waals surface area contributed by atoms with E-state index in [9.17, 15) is 18.0 Å². The number of anilines is 1. The fourth-order valence-electron chi connectivity index (χ4n) is 3.37. The topological polar surface area (TPSA) is 130 Å². The van der Waals surface area contributed by atoms with E-state index in [1.54, 1.807) is 20.1 Å². The third kappa shape index (κ3) is 5.41. The van der Waals surface area contributed by atoms with Gasteiger partial charge in [0.1, 0.15) is 5.75 Å². The van der Waals surface area contributed by atoms with Crippen LogP contribution in [0.3, 0.4) is 0 Å². The second kappa shape index (κ2) is 9.47. The minimum Gasteiger partial charge on any atom is -0.497 e. The summed E-state index contributed by atoms with van der Waals surface area (Å²) in [5.41, 5.74) is 2.88. The summed E-state index contributed by atoms with van der Waals surface area (Å²) >= 11 is 0. The van der Waals surface area contributed by atoms with Crippen LogP contribution >= 0.6 is 0 Å². The molecule has 0 radical (unpaired) electrons. The van der Waals surface area contributed by atoms with Gasteiger partial charge in [0.05, 0.1) is 17.6 Å². The number of methoxy groups -OCH3 is 1. The van der Waals surface area contributed by atoms with Crippen molar-refractivity contribution in [2.75, 3.05) is 12.4 Å². The number of nitrogens with zero attached hydrogens (tertiary/aromatic N) is 1. The molecule has 0 aliphatic carbocycles. The van der Waals surface area contributed by atoms with Crippen molar-refractivity contribution in [2.45, 2.75) is 31.8 Å². The number of aryl methyl sites for hydroxylation is 1. The first-order valence-corrected chi connectivity index (χ1v) is 11.5.